The van der Waals surface area contributed by atoms with Crippen molar-refractivity contribution >= 4 is 30.2 Å². The number of aliphatic hydroxyl groups is 1. The van der Waals surface area contributed by atoms with Gasteiger partial charge in [-0.2, -0.15) is 0 Å². The van der Waals surface area contributed by atoms with Gasteiger partial charge in [0.05, 0.1) is 19.8 Å². The topological polar surface area (TPSA) is 85.8 Å². The van der Waals surface area contributed by atoms with E-state index in [1.54, 1.807) is 18.2 Å². The molecule has 2 aliphatic rings. The molecule has 3 heterocycles. The summed E-state index contributed by atoms with van der Waals surface area (Å²) in [6.45, 7) is 3.73. The molecule has 0 spiro atoms. The normalized spacial score (nSPS) is 24.9. The van der Waals surface area contributed by atoms with E-state index in [1.165, 1.54) is 7.11 Å². The number of aromatic amines is 1. The Morgan fingerprint density at radius 3 is 2.93 bits per heavy atom. The first-order valence-electron chi connectivity index (χ1n) is 10.2. The van der Waals surface area contributed by atoms with Crippen molar-refractivity contribution < 1.29 is 19.7 Å². The number of aromatic hydroxyl groups is 1. The number of rotatable bonds is 4. The van der Waals surface area contributed by atoms with Crippen LogP contribution in [0, 0.1) is 11.8 Å². The van der Waals surface area contributed by atoms with E-state index in [9.17, 15) is 15.0 Å². The van der Waals surface area contributed by atoms with Gasteiger partial charge in [0.25, 0.3) is 0 Å². The second-order valence-corrected chi connectivity index (χ2v) is 8.05. The van der Waals surface area contributed by atoms with E-state index in [-0.39, 0.29) is 30.3 Å². The summed E-state index contributed by atoms with van der Waals surface area (Å²) >= 11 is 0. The van der Waals surface area contributed by atoms with Gasteiger partial charge in [0.1, 0.15) is 13.6 Å². The zero-order valence-electron chi connectivity index (χ0n) is 16.9. The van der Waals surface area contributed by atoms with E-state index in [1.807, 2.05) is 0 Å². The molecule has 2 radical (unpaired) electrons. The summed E-state index contributed by atoms with van der Waals surface area (Å²) < 4.78 is 5.01. The number of nitrogens with zero attached hydrogens (tertiary/aromatic N) is 1. The molecule has 1 fully saturated rings. The summed E-state index contributed by atoms with van der Waals surface area (Å²) in [7, 11) is 7.55. The SMILES string of the molecule is [B]c1ccc(O)c2c3c([nH]c12)[C@@H]1C[C@H](/C(=C\CO)C(=O)OC)[C@H](CC)CN1CC3. The molecule has 2 aromatic rings. The number of carbonyl (C=O) groups excluding carboxylic acids is 1. The first-order valence-corrected chi connectivity index (χ1v) is 10.2. The first kappa shape index (κ1) is 20.0. The number of hydrogen-bond donors (Lipinski definition) is 3. The standard InChI is InChI=1S/C22H27BN2O4/c1-3-12-11-25-8-6-14-19-18(27)5-4-16(23)21(19)24-20(14)17(25)10-15(12)13(7-9-26)22(28)29-2/h4-5,7,12,15,17,24,26-27H,3,6,8-11H2,1-2H3/b13-7+/t12-,15+,17+/m1/s1. The average molecular weight is 394 g/mol. The molecule has 3 N–H and O–H groups in total. The van der Waals surface area contributed by atoms with Crippen molar-refractivity contribution in [1.29, 1.82) is 0 Å². The predicted molar refractivity (Wildman–Crippen MR) is 112 cm³/mol. The summed E-state index contributed by atoms with van der Waals surface area (Å²) in [4.78, 5) is 18.4. The lowest BCUT2D eigenvalue weighted by Crippen LogP contribution is -2.47. The Kier molecular flexibility index (Phi) is 5.45. The number of H-pyrrole nitrogens is 1. The smallest absolute Gasteiger partial charge is 0.333 e. The number of hydrogen-bond acceptors (Lipinski definition) is 5. The number of esters is 1. The third kappa shape index (κ3) is 3.26. The molecule has 1 aromatic carbocycles. The molecule has 2 aliphatic heterocycles. The zero-order chi connectivity index (χ0) is 20.7. The summed E-state index contributed by atoms with van der Waals surface area (Å²) in [5.41, 5.74) is 4.16. The summed E-state index contributed by atoms with van der Waals surface area (Å²) in [6, 6.07) is 3.46. The van der Waals surface area contributed by atoms with Crippen molar-refractivity contribution in [1.82, 2.24) is 9.88 Å². The Bertz CT molecular complexity index is 967. The zero-order valence-corrected chi connectivity index (χ0v) is 16.9. The number of nitrogens with one attached hydrogen (secondary N) is 1. The maximum absolute atomic E-state index is 12.4. The van der Waals surface area contributed by atoms with Gasteiger partial charge in [0.15, 0.2) is 0 Å². The van der Waals surface area contributed by atoms with Crippen molar-refractivity contribution in [2.24, 2.45) is 11.8 Å². The van der Waals surface area contributed by atoms with Crippen LogP contribution in [0.1, 0.15) is 37.1 Å². The van der Waals surface area contributed by atoms with Crippen LogP contribution in [0.3, 0.4) is 0 Å². The van der Waals surface area contributed by atoms with Gasteiger partial charge in [-0.3, -0.25) is 4.90 Å². The molecular weight excluding hydrogens is 367 g/mol. The van der Waals surface area contributed by atoms with Gasteiger partial charge in [0, 0.05) is 35.3 Å². The fraction of sp³-hybridized carbons (Fsp3) is 0.500. The molecule has 0 saturated carbocycles. The monoisotopic (exact) mass is 394 g/mol. The van der Waals surface area contributed by atoms with E-state index in [4.69, 9.17) is 12.6 Å². The number of aliphatic hydroxyl groups excluding tert-OH is 1. The summed E-state index contributed by atoms with van der Waals surface area (Å²) in [5, 5.41) is 20.7. The van der Waals surface area contributed by atoms with E-state index in [0.717, 1.165) is 54.5 Å². The minimum Gasteiger partial charge on any atom is -0.507 e. The van der Waals surface area contributed by atoms with Crippen LogP contribution in [0.2, 0.25) is 0 Å². The van der Waals surface area contributed by atoms with Gasteiger partial charge in [-0.05, 0) is 42.4 Å². The molecule has 0 aliphatic carbocycles. The number of benzene rings is 1. The lowest BCUT2D eigenvalue weighted by atomic mass is 9.73. The minimum atomic E-state index is -0.370. The Labute approximate surface area is 172 Å². The lowest BCUT2D eigenvalue weighted by Gasteiger charge is -2.46. The maximum Gasteiger partial charge on any atom is 0.333 e. The number of ether oxygens (including phenoxy) is 1. The molecule has 29 heavy (non-hydrogen) atoms. The van der Waals surface area contributed by atoms with Crippen LogP contribution >= 0.6 is 0 Å². The fourth-order valence-corrected chi connectivity index (χ4v) is 5.27. The molecule has 7 heteroatoms. The van der Waals surface area contributed by atoms with Crippen LogP contribution in [-0.2, 0) is 16.0 Å². The summed E-state index contributed by atoms with van der Waals surface area (Å²) in [6.07, 6.45) is 4.13. The molecule has 3 atom stereocenters. The highest BCUT2D eigenvalue weighted by molar-refractivity contribution is 6.38. The van der Waals surface area contributed by atoms with E-state index >= 15 is 0 Å². The van der Waals surface area contributed by atoms with E-state index in [2.05, 4.69) is 16.8 Å². The number of carbonyl (C=O) groups is 1. The van der Waals surface area contributed by atoms with Crippen molar-refractivity contribution in [2.45, 2.75) is 32.2 Å². The predicted octanol–water partition coefficient (Wildman–Crippen LogP) is 1.70. The van der Waals surface area contributed by atoms with Crippen LogP contribution in [0.25, 0.3) is 10.9 Å². The molecule has 152 valence electrons. The van der Waals surface area contributed by atoms with Crippen LogP contribution in [0.5, 0.6) is 5.75 Å². The van der Waals surface area contributed by atoms with Gasteiger partial charge < -0.3 is 19.9 Å². The van der Waals surface area contributed by atoms with Crippen LogP contribution < -0.4 is 5.46 Å². The van der Waals surface area contributed by atoms with Gasteiger partial charge in [-0.15, -0.1) is 0 Å². The highest BCUT2D eigenvalue weighted by atomic mass is 16.5. The summed E-state index contributed by atoms with van der Waals surface area (Å²) in [5.74, 6) is 0.191. The third-order valence-corrected chi connectivity index (χ3v) is 6.70. The molecule has 1 aromatic heterocycles. The molecule has 6 nitrogen and oxygen atoms in total. The Morgan fingerprint density at radius 2 is 2.24 bits per heavy atom. The van der Waals surface area contributed by atoms with E-state index < -0.39 is 0 Å². The molecule has 0 unspecified atom stereocenters. The number of methoxy groups -OCH3 is 1. The van der Waals surface area contributed by atoms with E-state index in [0.29, 0.717) is 17.0 Å². The van der Waals surface area contributed by atoms with Crippen LogP contribution in [0.4, 0.5) is 0 Å². The highest BCUT2D eigenvalue weighted by Crippen LogP contribution is 2.46. The number of aromatic nitrogens is 1. The van der Waals surface area contributed by atoms with Gasteiger partial charge in [-0.25, -0.2) is 4.79 Å². The number of piperidine rings is 1. The first-order chi connectivity index (χ1) is 14.0. The van der Waals surface area contributed by atoms with Crippen molar-refractivity contribution in [3.8, 4) is 5.75 Å². The van der Waals surface area contributed by atoms with Crippen molar-refractivity contribution in [2.75, 3.05) is 26.8 Å². The number of phenolic OH excluding ortho intramolecular Hbond substituents is 1. The molecule has 0 bridgehead atoms. The van der Waals surface area contributed by atoms with Crippen molar-refractivity contribution in [3.63, 3.8) is 0 Å². The minimum absolute atomic E-state index is 0.00385. The number of fused-ring (bicyclic) bond motifs is 5. The molecule has 1 saturated heterocycles. The Morgan fingerprint density at radius 1 is 1.45 bits per heavy atom. The quantitative estimate of drug-likeness (QED) is 0.418. The third-order valence-electron chi connectivity index (χ3n) is 6.70. The maximum atomic E-state index is 12.4. The second kappa shape index (κ2) is 7.88. The fourth-order valence-electron chi connectivity index (χ4n) is 5.27. The lowest BCUT2D eigenvalue weighted by molar-refractivity contribution is -0.137. The van der Waals surface area contributed by atoms with Gasteiger partial charge in [0.2, 0.25) is 0 Å². The highest BCUT2D eigenvalue weighted by Gasteiger charge is 2.42. The molecule has 4 rings (SSSR count). The second-order valence-electron chi connectivity index (χ2n) is 8.05. The molecular formula is C22H27BN2O4. The Hall–Kier alpha value is -2.25. The van der Waals surface area contributed by atoms with Crippen molar-refractivity contribution in [3.05, 3.63) is 35.0 Å². The van der Waals surface area contributed by atoms with Gasteiger partial charge in [-0.1, -0.05) is 24.9 Å². The molecule has 0 amide bonds. The van der Waals surface area contributed by atoms with Crippen LogP contribution in [0.15, 0.2) is 23.8 Å². The average Bonchev–Trinajstić information content (AvgIpc) is 3.14. The van der Waals surface area contributed by atoms with Gasteiger partial charge >= 0.3 is 5.97 Å². The Balaban J connectivity index is 1.78. The van der Waals surface area contributed by atoms with Crippen LogP contribution in [-0.4, -0.2) is 60.7 Å². The largest absolute Gasteiger partial charge is 0.507 e. The number of phenols is 1.